The molecule has 5 nitrogen and oxygen atoms in total. The van der Waals surface area contributed by atoms with Gasteiger partial charge in [-0.1, -0.05) is 42.0 Å². The Kier molecular flexibility index (Phi) is 5.84. The number of hydrogen-bond donors (Lipinski definition) is 1. The first-order valence-electron chi connectivity index (χ1n) is 10.2. The molecule has 4 rings (SSSR count). The van der Waals surface area contributed by atoms with E-state index >= 15 is 0 Å². The first-order chi connectivity index (χ1) is 14.2. The molecule has 0 aliphatic carbocycles. The second kappa shape index (κ2) is 8.86. The lowest BCUT2D eigenvalue weighted by atomic mass is 10.1. The smallest absolute Gasteiger partial charge is 0.228 e. The second-order valence-corrected chi connectivity index (χ2v) is 7.62. The molecule has 0 unspecified atom stereocenters. The molecule has 148 valence electrons. The van der Waals surface area contributed by atoms with E-state index in [1.54, 1.807) is 0 Å². The van der Waals surface area contributed by atoms with E-state index in [4.69, 9.17) is 0 Å². The van der Waals surface area contributed by atoms with Crippen molar-refractivity contribution < 1.29 is 4.79 Å². The average molecular weight is 386 g/mol. The summed E-state index contributed by atoms with van der Waals surface area (Å²) in [7, 11) is 0. The van der Waals surface area contributed by atoms with Gasteiger partial charge in [0.05, 0.1) is 12.1 Å². The van der Waals surface area contributed by atoms with Crippen LogP contribution in [0.25, 0.3) is 11.3 Å². The number of carbonyl (C=O) groups excluding carboxylic acids is 1. The zero-order chi connectivity index (χ0) is 20.1. The number of anilines is 2. The fourth-order valence-corrected chi connectivity index (χ4v) is 3.62. The van der Waals surface area contributed by atoms with Crippen LogP contribution in [0.5, 0.6) is 0 Å². The van der Waals surface area contributed by atoms with Crippen molar-refractivity contribution in [3.8, 4) is 11.3 Å². The van der Waals surface area contributed by atoms with Gasteiger partial charge >= 0.3 is 0 Å². The second-order valence-electron chi connectivity index (χ2n) is 7.62. The number of nitrogens with zero attached hydrogens (tertiary/aromatic N) is 3. The van der Waals surface area contributed by atoms with Gasteiger partial charge in [-0.15, -0.1) is 10.2 Å². The van der Waals surface area contributed by atoms with Crippen molar-refractivity contribution in [1.29, 1.82) is 0 Å². The van der Waals surface area contributed by atoms with E-state index in [1.807, 2.05) is 67.6 Å². The topological polar surface area (TPSA) is 58.1 Å². The van der Waals surface area contributed by atoms with Gasteiger partial charge in [0, 0.05) is 24.3 Å². The van der Waals surface area contributed by atoms with Crippen LogP contribution in [0.4, 0.5) is 11.5 Å². The number of carbonyl (C=O) groups is 1. The molecule has 3 aromatic rings. The fraction of sp³-hybridized carbons (Fsp3) is 0.292. The number of aryl methyl sites for hydroxylation is 1. The molecule has 0 radical (unpaired) electrons. The summed E-state index contributed by atoms with van der Waals surface area (Å²) in [6, 6.07) is 19.8. The zero-order valence-electron chi connectivity index (χ0n) is 16.8. The van der Waals surface area contributed by atoms with E-state index in [-0.39, 0.29) is 5.91 Å². The summed E-state index contributed by atoms with van der Waals surface area (Å²) in [5, 5.41) is 11.8. The predicted octanol–water partition coefficient (Wildman–Crippen LogP) is 4.62. The number of piperidine rings is 1. The Bertz CT molecular complexity index is 961. The van der Waals surface area contributed by atoms with Crippen LogP contribution < -0.4 is 10.2 Å². The number of rotatable bonds is 5. The van der Waals surface area contributed by atoms with Gasteiger partial charge in [0.15, 0.2) is 5.82 Å². The highest BCUT2D eigenvalue weighted by Gasteiger charge is 2.13. The summed E-state index contributed by atoms with van der Waals surface area (Å²) in [5.41, 5.74) is 4.70. The van der Waals surface area contributed by atoms with Crippen molar-refractivity contribution in [1.82, 2.24) is 10.2 Å². The van der Waals surface area contributed by atoms with Crippen LogP contribution >= 0.6 is 0 Å². The van der Waals surface area contributed by atoms with Crippen LogP contribution in [0.15, 0.2) is 60.7 Å². The molecule has 1 aromatic heterocycles. The summed E-state index contributed by atoms with van der Waals surface area (Å²) >= 11 is 0. The average Bonchev–Trinajstić information content (AvgIpc) is 2.76. The van der Waals surface area contributed by atoms with E-state index in [2.05, 4.69) is 20.4 Å². The molecule has 0 saturated carbocycles. The summed E-state index contributed by atoms with van der Waals surface area (Å²) in [6.07, 6.45) is 4.08. The van der Waals surface area contributed by atoms with Gasteiger partial charge in [-0.25, -0.2) is 0 Å². The van der Waals surface area contributed by atoms with E-state index in [0.717, 1.165) is 41.4 Å². The van der Waals surface area contributed by atoms with Crippen molar-refractivity contribution in [3.05, 3.63) is 71.8 Å². The first kappa shape index (κ1) is 19.1. The van der Waals surface area contributed by atoms with Crippen molar-refractivity contribution >= 4 is 17.4 Å². The molecular weight excluding hydrogens is 360 g/mol. The predicted molar refractivity (Wildman–Crippen MR) is 117 cm³/mol. The molecule has 0 spiro atoms. The summed E-state index contributed by atoms with van der Waals surface area (Å²) < 4.78 is 0. The van der Waals surface area contributed by atoms with Gasteiger partial charge in [-0.3, -0.25) is 4.79 Å². The minimum absolute atomic E-state index is 0.0301. The third-order valence-electron chi connectivity index (χ3n) is 5.26. The van der Waals surface area contributed by atoms with E-state index in [9.17, 15) is 4.79 Å². The number of aromatic nitrogens is 2. The zero-order valence-corrected chi connectivity index (χ0v) is 16.8. The molecule has 2 heterocycles. The number of nitrogens with one attached hydrogen (secondary N) is 1. The molecule has 1 N–H and O–H groups in total. The van der Waals surface area contributed by atoms with Crippen LogP contribution in [0.2, 0.25) is 0 Å². The van der Waals surface area contributed by atoms with Gasteiger partial charge in [-0.2, -0.15) is 0 Å². The Balaban J connectivity index is 1.42. The molecule has 1 amide bonds. The quantitative estimate of drug-likeness (QED) is 0.695. The third-order valence-corrected chi connectivity index (χ3v) is 5.26. The number of amides is 1. The third kappa shape index (κ3) is 4.99. The molecular formula is C24H26N4O. The lowest BCUT2D eigenvalue weighted by molar-refractivity contribution is -0.115. The van der Waals surface area contributed by atoms with Crippen LogP contribution in [0, 0.1) is 6.92 Å². The molecule has 0 bridgehead atoms. The molecule has 1 fully saturated rings. The minimum Gasteiger partial charge on any atom is -0.355 e. The standard InChI is InChI=1S/C24H26N4O/c1-18-8-10-19(11-9-18)16-24(29)25-21-7-5-6-20(17-21)22-12-13-23(27-26-22)28-14-3-2-4-15-28/h5-13,17H,2-4,14-16H2,1H3,(H,25,29). The Morgan fingerprint density at radius 3 is 2.48 bits per heavy atom. The maximum atomic E-state index is 12.4. The van der Waals surface area contributed by atoms with Crippen LogP contribution in [-0.4, -0.2) is 29.2 Å². The lowest BCUT2D eigenvalue weighted by Gasteiger charge is -2.27. The minimum atomic E-state index is -0.0301. The highest BCUT2D eigenvalue weighted by molar-refractivity contribution is 5.92. The van der Waals surface area contributed by atoms with Crippen LogP contribution in [0.1, 0.15) is 30.4 Å². The van der Waals surface area contributed by atoms with E-state index < -0.39 is 0 Å². The van der Waals surface area contributed by atoms with Crippen molar-refractivity contribution in [3.63, 3.8) is 0 Å². The van der Waals surface area contributed by atoms with E-state index in [0.29, 0.717) is 6.42 Å². The van der Waals surface area contributed by atoms with Crippen LogP contribution in [-0.2, 0) is 11.2 Å². The molecule has 29 heavy (non-hydrogen) atoms. The maximum absolute atomic E-state index is 12.4. The molecule has 0 atom stereocenters. The van der Waals surface area contributed by atoms with Gasteiger partial charge in [0.1, 0.15) is 0 Å². The largest absolute Gasteiger partial charge is 0.355 e. The summed E-state index contributed by atoms with van der Waals surface area (Å²) in [5.74, 6) is 0.911. The van der Waals surface area contributed by atoms with Gasteiger partial charge in [0.25, 0.3) is 0 Å². The molecule has 2 aromatic carbocycles. The Morgan fingerprint density at radius 1 is 0.966 bits per heavy atom. The van der Waals surface area contributed by atoms with Crippen molar-refractivity contribution in [2.24, 2.45) is 0 Å². The Hall–Kier alpha value is -3.21. The van der Waals surface area contributed by atoms with Crippen molar-refractivity contribution in [2.45, 2.75) is 32.6 Å². The highest BCUT2D eigenvalue weighted by atomic mass is 16.1. The molecule has 1 aliphatic heterocycles. The monoisotopic (exact) mass is 386 g/mol. The molecule has 1 aliphatic rings. The number of benzene rings is 2. The highest BCUT2D eigenvalue weighted by Crippen LogP contribution is 2.23. The van der Waals surface area contributed by atoms with Crippen LogP contribution in [0.3, 0.4) is 0 Å². The first-order valence-corrected chi connectivity index (χ1v) is 10.2. The van der Waals surface area contributed by atoms with Crippen molar-refractivity contribution in [2.75, 3.05) is 23.3 Å². The van der Waals surface area contributed by atoms with Gasteiger partial charge < -0.3 is 10.2 Å². The Morgan fingerprint density at radius 2 is 1.76 bits per heavy atom. The van der Waals surface area contributed by atoms with E-state index in [1.165, 1.54) is 24.8 Å². The Labute approximate surface area is 171 Å². The van der Waals surface area contributed by atoms with Gasteiger partial charge in [-0.05, 0) is 56.0 Å². The lowest BCUT2D eigenvalue weighted by Crippen LogP contribution is -2.30. The van der Waals surface area contributed by atoms with Gasteiger partial charge in [0.2, 0.25) is 5.91 Å². The molecule has 5 heteroatoms. The normalized spacial score (nSPS) is 13.9. The summed E-state index contributed by atoms with van der Waals surface area (Å²) in [6.45, 7) is 4.14. The summed E-state index contributed by atoms with van der Waals surface area (Å²) in [4.78, 5) is 14.7. The molecule has 1 saturated heterocycles. The SMILES string of the molecule is Cc1ccc(CC(=O)Nc2cccc(-c3ccc(N4CCCCC4)nn3)c2)cc1. The fourth-order valence-electron chi connectivity index (χ4n) is 3.62. The maximum Gasteiger partial charge on any atom is 0.228 e. The number of hydrogen-bond acceptors (Lipinski definition) is 4.